The van der Waals surface area contributed by atoms with E-state index in [-0.39, 0.29) is 17.2 Å². The summed E-state index contributed by atoms with van der Waals surface area (Å²) in [7, 11) is 0. The van der Waals surface area contributed by atoms with E-state index in [1.165, 1.54) is 17.7 Å². The van der Waals surface area contributed by atoms with E-state index in [9.17, 15) is 9.59 Å². The Morgan fingerprint density at radius 1 is 1.32 bits per heavy atom. The van der Waals surface area contributed by atoms with Gasteiger partial charge in [-0.3, -0.25) is 14.5 Å². The zero-order valence-corrected chi connectivity index (χ0v) is 13.7. The predicted molar refractivity (Wildman–Crippen MR) is 87.7 cm³/mol. The second-order valence-electron chi connectivity index (χ2n) is 5.68. The third-order valence-electron chi connectivity index (χ3n) is 4.16. The molecular formula is C16H20N2O3S. The van der Waals surface area contributed by atoms with Crippen LogP contribution < -0.4 is 4.90 Å². The zero-order valence-electron chi connectivity index (χ0n) is 12.9. The van der Waals surface area contributed by atoms with Gasteiger partial charge < -0.3 is 9.32 Å². The molecule has 5 nitrogen and oxygen atoms in total. The van der Waals surface area contributed by atoms with Crippen LogP contribution in [0, 0.1) is 0 Å². The number of furan rings is 1. The SMILES string of the molecule is CC[C@H](C)N1C(=O)S/C(=C/c2ccc(N3CCCC3)o2)C1=O. The summed E-state index contributed by atoms with van der Waals surface area (Å²) in [6.45, 7) is 5.87. The van der Waals surface area contributed by atoms with Crippen LogP contribution in [0.15, 0.2) is 21.5 Å². The lowest BCUT2D eigenvalue weighted by Crippen LogP contribution is -2.36. The number of anilines is 1. The molecule has 2 saturated heterocycles. The van der Waals surface area contributed by atoms with Gasteiger partial charge in [0.15, 0.2) is 5.88 Å². The van der Waals surface area contributed by atoms with E-state index in [0.29, 0.717) is 10.7 Å². The Labute approximate surface area is 134 Å². The van der Waals surface area contributed by atoms with Gasteiger partial charge in [-0.25, -0.2) is 0 Å². The van der Waals surface area contributed by atoms with Crippen molar-refractivity contribution < 1.29 is 14.0 Å². The molecule has 0 N–H and O–H groups in total. The first-order valence-electron chi connectivity index (χ1n) is 7.72. The van der Waals surface area contributed by atoms with Crippen LogP contribution in [0.2, 0.25) is 0 Å². The molecule has 3 rings (SSSR count). The number of imide groups is 1. The fourth-order valence-corrected chi connectivity index (χ4v) is 3.61. The highest BCUT2D eigenvalue weighted by atomic mass is 32.2. The molecule has 2 amide bonds. The molecule has 0 saturated carbocycles. The average Bonchev–Trinajstić information content (AvgIpc) is 3.21. The lowest BCUT2D eigenvalue weighted by atomic mass is 10.2. The highest BCUT2D eigenvalue weighted by Crippen LogP contribution is 2.35. The monoisotopic (exact) mass is 320 g/mol. The first-order chi connectivity index (χ1) is 10.6. The van der Waals surface area contributed by atoms with E-state index in [0.717, 1.165) is 37.2 Å². The molecule has 2 fully saturated rings. The Balaban J connectivity index is 1.78. The minimum atomic E-state index is -0.219. The van der Waals surface area contributed by atoms with Crippen molar-refractivity contribution in [2.45, 2.75) is 39.2 Å². The molecule has 22 heavy (non-hydrogen) atoms. The third-order valence-corrected chi connectivity index (χ3v) is 5.04. The minimum Gasteiger partial charge on any atom is -0.441 e. The highest BCUT2D eigenvalue weighted by Gasteiger charge is 2.37. The molecule has 1 aromatic heterocycles. The zero-order chi connectivity index (χ0) is 15.7. The van der Waals surface area contributed by atoms with Crippen molar-refractivity contribution in [3.63, 3.8) is 0 Å². The molecule has 0 radical (unpaired) electrons. The van der Waals surface area contributed by atoms with E-state index >= 15 is 0 Å². The van der Waals surface area contributed by atoms with Crippen LogP contribution in [0.1, 0.15) is 38.9 Å². The van der Waals surface area contributed by atoms with Gasteiger partial charge in [0.25, 0.3) is 11.1 Å². The van der Waals surface area contributed by atoms with Crippen LogP contribution in [0.4, 0.5) is 10.7 Å². The van der Waals surface area contributed by atoms with Gasteiger partial charge in [0.1, 0.15) is 5.76 Å². The maximum absolute atomic E-state index is 12.3. The fraction of sp³-hybridized carbons (Fsp3) is 0.500. The highest BCUT2D eigenvalue weighted by molar-refractivity contribution is 8.18. The summed E-state index contributed by atoms with van der Waals surface area (Å²) in [5.41, 5.74) is 0. The van der Waals surface area contributed by atoms with Crippen molar-refractivity contribution >= 4 is 34.9 Å². The molecule has 0 aromatic carbocycles. The molecule has 2 aliphatic rings. The number of hydrogen-bond donors (Lipinski definition) is 0. The maximum Gasteiger partial charge on any atom is 0.293 e. The molecular weight excluding hydrogens is 300 g/mol. The Kier molecular flexibility index (Phi) is 4.29. The molecule has 0 bridgehead atoms. The van der Waals surface area contributed by atoms with Gasteiger partial charge in [-0.1, -0.05) is 6.92 Å². The number of thioether (sulfide) groups is 1. The Bertz CT molecular complexity index is 617. The second kappa shape index (κ2) is 6.20. The average molecular weight is 320 g/mol. The van der Waals surface area contributed by atoms with Gasteiger partial charge in [-0.2, -0.15) is 0 Å². The summed E-state index contributed by atoms with van der Waals surface area (Å²) in [5, 5.41) is -0.197. The Morgan fingerprint density at radius 2 is 2.05 bits per heavy atom. The largest absolute Gasteiger partial charge is 0.441 e. The third kappa shape index (κ3) is 2.79. The molecule has 2 aliphatic heterocycles. The van der Waals surface area contributed by atoms with E-state index in [4.69, 9.17) is 4.42 Å². The quantitative estimate of drug-likeness (QED) is 0.792. The smallest absolute Gasteiger partial charge is 0.293 e. The summed E-state index contributed by atoms with van der Waals surface area (Å²) < 4.78 is 5.79. The lowest BCUT2D eigenvalue weighted by Gasteiger charge is -2.19. The van der Waals surface area contributed by atoms with Crippen molar-refractivity contribution in [1.82, 2.24) is 4.90 Å². The number of carbonyl (C=O) groups excluding carboxylic acids is 2. The van der Waals surface area contributed by atoms with Gasteiger partial charge in [0.2, 0.25) is 0 Å². The normalized spacial score (nSPS) is 22.2. The predicted octanol–water partition coefficient (Wildman–Crippen LogP) is 3.71. The topological polar surface area (TPSA) is 53.8 Å². The molecule has 118 valence electrons. The maximum atomic E-state index is 12.3. The standard InChI is InChI=1S/C16H20N2O3S/c1-3-11(2)18-15(19)13(22-16(18)20)10-12-6-7-14(21-12)17-8-4-5-9-17/h6-7,10-11H,3-5,8-9H2,1-2H3/b13-10+/t11-/m0/s1. The Morgan fingerprint density at radius 3 is 2.73 bits per heavy atom. The van der Waals surface area contributed by atoms with Crippen molar-refractivity contribution in [2.24, 2.45) is 0 Å². The van der Waals surface area contributed by atoms with Crippen LogP contribution in [0.5, 0.6) is 0 Å². The molecule has 1 aromatic rings. The van der Waals surface area contributed by atoms with Gasteiger partial charge in [-0.05, 0) is 44.0 Å². The van der Waals surface area contributed by atoms with Gasteiger partial charge >= 0.3 is 0 Å². The first kappa shape index (κ1) is 15.2. The van der Waals surface area contributed by atoms with Gasteiger partial charge in [0, 0.05) is 31.3 Å². The summed E-state index contributed by atoms with van der Waals surface area (Å²) in [5.74, 6) is 1.24. The molecule has 0 unspecified atom stereocenters. The summed E-state index contributed by atoms with van der Waals surface area (Å²) in [6, 6.07) is 3.70. The second-order valence-corrected chi connectivity index (χ2v) is 6.67. The van der Waals surface area contributed by atoms with Gasteiger partial charge in [-0.15, -0.1) is 0 Å². The number of rotatable bonds is 4. The number of amides is 2. The van der Waals surface area contributed by atoms with E-state index in [2.05, 4.69) is 4.90 Å². The van der Waals surface area contributed by atoms with Crippen molar-refractivity contribution in [3.8, 4) is 0 Å². The van der Waals surface area contributed by atoms with Crippen molar-refractivity contribution in [2.75, 3.05) is 18.0 Å². The van der Waals surface area contributed by atoms with E-state index in [1.807, 2.05) is 26.0 Å². The first-order valence-corrected chi connectivity index (χ1v) is 8.53. The molecule has 3 heterocycles. The minimum absolute atomic E-state index is 0.0739. The summed E-state index contributed by atoms with van der Waals surface area (Å²) >= 11 is 0.987. The van der Waals surface area contributed by atoms with Gasteiger partial charge in [0.05, 0.1) is 4.91 Å². The van der Waals surface area contributed by atoms with Crippen molar-refractivity contribution in [3.05, 3.63) is 22.8 Å². The van der Waals surface area contributed by atoms with Crippen LogP contribution in [-0.4, -0.2) is 35.2 Å². The van der Waals surface area contributed by atoms with E-state index in [1.54, 1.807) is 6.08 Å². The van der Waals surface area contributed by atoms with Crippen LogP contribution >= 0.6 is 11.8 Å². The lowest BCUT2D eigenvalue weighted by molar-refractivity contribution is -0.124. The van der Waals surface area contributed by atoms with Crippen LogP contribution in [-0.2, 0) is 4.79 Å². The Hall–Kier alpha value is -1.69. The number of carbonyl (C=O) groups is 2. The number of nitrogens with zero attached hydrogens (tertiary/aromatic N) is 2. The molecule has 1 atom stereocenters. The van der Waals surface area contributed by atoms with E-state index < -0.39 is 0 Å². The molecule has 0 aliphatic carbocycles. The number of hydrogen-bond acceptors (Lipinski definition) is 5. The summed E-state index contributed by atoms with van der Waals surface area (Å²) in [6.07, 6.45) is 4.80. The summed E-state index contributed by atoms with van der Waals surface area (Å²) in [4.78, 5) is 28.3. The van der Waals surface area contributed by atoms with Crippen LogP contribution in [0.25, 0.3) is 6.08 Å². The van der Waals surface area contributed by atoms with Crippen molar-refractivity contribution in [1.29, 1.82) is 0 Å². The molecule has 0 spiro atoms. The van der Waals surface area contributed by atoms with Crippen LogP contribution in [0.3, 0.4) is 0 Å². The fourth-order valence-electron chi connectivity index (χ4n) is 2.70. The molecule has 6 heteroatoms.